The van der Waals surface area contributed by atoms with Gasteiger partial charge in [0.25, 0.3) is 5.91 Å². The highest BCUT2D eigenvalue weighted by atomic mass is 16.3. The quantitative estimate of drug-likeness (QED) is 0.760. The molecular formula is C26H29N3O4. The molecule has 2 heterocycles. The summed E-state index contributed by atoms with van der Waals surface area (Å²) in [7, 11) is 3.47. The van der Waals surface area contributed by atoms with Gasteiger partial charge in [0.05, 0.1) is 25.2 Å². The van der Waals surface area contributed by atoms with Gasteiger partial charge in [-0.25, -0.2) is 0 Å². The van der Waals surface area contributed by atoms with Crippen molar-refractivity contribution < 1.29 is 19.5 Å². The molecule has 3 aliphatic rings. The lowest BCUT2D eigenvalue weighted by molar-refractivity contribution is -0.167. The first-order valence-electron chi connectivity index (χ1n) is 11.5. The maximum atomic E-state index is 12.7. The number of hydrogen-bond acceptors (Lipinski definition) is 4. The molecule has 0 aromatic heterocycles. The van der Waals surface area contributed by atoms with Crippen molar-refractivity contribution in [2.75, 3.05) is 33.8 Å². The van der Waals surface area contributed by atoms with Crippen molar-refractivity contribution in [1.29, 1.82) is 0 Å². The van der Waals surface area contributed by atoms with Gasteiger partial charge in [-0.15, -0.1) is 0 Å². The molecule has 2 saturated heterocycles. The number of carbonyl (C=O) groups excluding carboxylic acids is 3. The maximum Gasteiger partial charge on any atom is 0.253 e. The molecule has 2 aliphatic heterocycles. The lowest BCUT2D eigenvalue weighted by Crippen LogP contribution is -2.73. The van der Waals surface area contributed by atoms with Gasteiger partial charge < -0.3 is 19.8 Å². The van der Waals surface area contributed by atoms with Crippen molar-refractivity contribution in [1.82, 2.24) is 14.7 Å². The number of aliphatic hydroxyl groups excluding tert-OH is 1. The van der Waals surface area contributed by atoms with Crippen LogP contribution in [0.1, 0.15) is 34.7 Å². The van der Waals surface area contributed by atoms with E-state index in [1.54, 1.807) is 28.8 Å². The van der Waals surface area contributed by atoms with E-state index in [1.165, 1.54) is 0 Å². The Hall–Kier alpha value is -3.19. The number of nitrogens with zero attached hydrogens (tertiary/aromatic N) is 3. The summed E-state index contributed by atoms with van der Waals surface area (Å²) in [4.78, 5) is 42.6. The number of hydrogen-bond donors (Lipinski definition) is 1. The van der Waals surface area contributed by atoms with Gasteiger partial charge in [-0.2, -0.15) is 0 Å². The standard InChI is InChI=1S/C26H29N3O4/c1-27(2)25(32)20-5-3-4-19(12-20)16-6-8-17(9-7-16)24-21-13-28(26(33)18-10-11-18)14-23(31)29(21)22(24)15-30/h3-9,12,18,21-22,24,30H,10-11,13-15H2,1-2H3/t21-,22+,24+/m0/s1. The zero-order valence-electron chi connectivity index (χ0n) is 19.0. The molecular weight excluding hydrogens is 418 g/mol. The molecule has 33 heavy (non-hydrogen) atoms. The Morgan fingerprint density at radius 1 is 1.06 bits per heavy atom. The third kappa shape index (κ3) is 3.80. The van der Waals surface area contributed by atoms with Gasteiger partial charge in [-0.3, -0.25) is 14.4 Å². The predicted molar refractivity (Wildman–Crippen MR) is 123 cm³/mol. The van der Waals surface area contributed by atoms with Crippen molar-refractivity contribution in [3.05, 3.63) is 59.7 Å². The van der Waals surface area contributed by atoms with Crippen LogP contribution >= 0.6 is 0 Å². The third-order valence-electron chi connectivity index (χ3n) is 7.14. The first-order valence-corrected chi connectivity index (χ1v) is 11.5. The number of aliphatic hydroxyl groups is 1. The Kier molecular flexibility index (Phi) is 5.44. The molecule has 2 aromatic carbocycles. The number of rotatable bonds is 5. The summed E-state index contributed by atoms with van der Waals surface area (Å²) in [5.41, 5.74) is 3.64. The highest BCUT2D eigenvalue weighted by molar-refractivity contribution is 5.95. The van der Waals surface area contributed by atoms with Crippen LogP contribution in [-0.4, -0.2) is 83.4 Å². The Morgan fingerprint density at radius 3 is 2.42 bits per heavy atom. The zero-order chi connectivity index (χ0) is 23.3. The van der Waals surface area contributed by atoms with Crippen LogP contribution in [0.15, 0.2) is 48.5 Å². The molecule has 0 bridgehead atoms. The van der Waals surface area contributed by atoms with Gasteiger partial charge in [0.15, 0.2) is 0 Å². The van der Waals surface area contributed by atoms with Crippen molar-refractivity contribution >= 4 is 17.7 Å². The van der Waals surface area contributed by atoms with Crippen LogP contribution in [0.5, 0.6) is 0 Å². The van der Waals surface area contributed by atoms with Gasteiger partial charge >= 0.3 is 0 Å². The van der Waals surface area contributed by atoms with Crippen LogP contribution in [-0.2, 0) is 9.59 Å². The summed E-state index contributed by atoms with van der Waals surface area (Å²) >= 11 is 0. The molecule has 3 atom stereocenters. The van der Waals surface area contributed by atoms with Crippen molar-refractivity contribution in [3.63, 3.8) is 0 Å². The molecule has 1 N–H and O–H groups in total. The summed E-state index contributed by atoms with van der Waals surface area (Å²) < 4.78 is 0. The zero-order valence-corrected chi connectivity index (χ0v) is 19.0. The molecule has 1 aliphatic carbocycles. The van der Waals surface area contributed by atoms with Gasteiger partial charge in [0.2, 0.25) is 11.8 Å². The topological polar surface area (TPSA) is 81.2 Å². The fourth-order valence-corrected chi connectivity index (χ4v) is 5.24. The molecule has 0 unspecified atom stereocenters. The molecule has 0 radical (unpaired) electrons. The number of fused-ring (bicyclic) bond motifs is 1. The van der Waals surface area contributed by atoms with Crippen molar-refractivity contribution in [2.45, 2.75) is 30.8 Å². The van der Waals surface area contributed by atoms with E-state index in [9.17, 15) is 19.5 Å². The Labute approximate surface area is 193 Å². The second-order valence-corrected chi connectivity index (χ2v) is 9.54. The predicted octanol–water partition coefficient (Wildman–Crippen LogP) is 1.96. The average Bonchev–Trinajstić information content (AvgIpc) is 3.65. The Balaban J connectivity index is 1.37. The molecule has 0 spiro atoms. The van der Waals surface area contributed by atoms with E-state index in [0.29, 0.717) is 12.1 Å². The van der Waals surface area contributed by atoms with Crippen LogP contribution in [0.4, 0.5) is 0 Å². The summed E-state index contributed by atoms with van der Waals surface area (Å²) in [5, 5.41) is 10.00. The lowest BCUT2D eigenvalue weighted by atomic mass is 9.73. The Bertz CT molecular complexity index is 1090. The normalized spacial score (nSPS) is 24.2. The fourth-order valence-electron chi connectivity index (χ4n) is 5.24. The van der Waals surface area contributed by atoms with Crippen molar-refractivity contribution in [3.8, 4) is 11.1 Å². The van der Waals surface area contributed by atoms with E-state index in [0.717, 1.165) is 29.5 Å². The molecule has 172 valence electrons. The third-order valence-corrected chi connectivity index (χ3v) is 7.14. The van der Waals surface area contributed by atoms with E-state index in [2.05, 4.69) is 0 Å². The Morgan fingerprint density at radius 2 is 1.79 bits per heavy atom. The molecule has 1 saturated carbocycles. The van der Waals surface area contributed by atoms with Gasteiger partial charge in [-0.1, -0.05) is 36.4 Å². The van der Waals surface area contributed by atoms with Crippen LogP contribution in [0.2, 0.25) is 0 Å². The van der Waals surface area contributed by atoms with Crippen LogP contribution in [0.3, 0.4) is 0 Å². The number of carbonyl (C=O) groups is 3. The summed E-state index contributed by atoms with van der Waals surface area (Å²) in [6.45, 7) is 0.550. The summed E-state index contributed by atoms with van der Waals surface area (Å²) in [6, 6.07) is 15.3. The number of benzene rings is 2. The number of piperazine rings is 1. The molecule has 3 fully saturated rings. The lowest BCUT2D eigenvalue weighted by Gasteiger charge is -2.58. The number of amides is 3. The monoisotopic (exact) mass is 447 g/mol. The largest absolute Gasteiger partial charge is 0.394 e. The van der Waals surface area contributed by atoms with Gasteiger partial charge in [-0.05, 0) is 41.7 Å². The second-order valence-electron chi connectivity index (χ2n) is 9.54. The van der Waals surface area contributed by atoms with Crippen LogP contribution in [0.25, 0.3) is 11.1 Å². The smallest absolute Gasteiger partial charge is 0.253 e. The van der Waals surface area contributed by atoms with Crippen LogP contribution in [0, 0.1) is 5.92 Å². The molecule has 7 heteroatoms. The molecule has 7 nitrogen and oxygen atoms in total. The first-order chi connectivity index (χ1) is 15.9. The second kappa shape index (κ2) is 8.30. The van der Waals surface area contributed by atoms with E-state index in [4.69, 9.17) is 0 Å². The minimum Gasteiger partial charge on any atom is -0.394 e. The molecule has 5 rings (SSSR count). The minimum absolute atomic E-state index is 0.00976. The molecule has 2 aromatic rings. The molecule has 3 amide bonds. The highest BCUT2D eigenvalue weighted by Crippen LogP contribution is 2.44. The summed E-state index contributed by atoms with van der Waals surface area (Å²) in [5.74, 6) is 0.0581. The maximum absolute atomic E-state index is 12.7. The van der Waals surface area contributed by atoms with Gasteiger partial charge in [0, 0.05) is 38.0 Å². The first kappa shape index (κ1) is 21.6. The SMILES string of the molecule is CN(C)C(=O)c1cccc(-c2ccc([C@H]3[C@@H](CO)N4C(=O)CN(C(=O)C5CC5)C[C@@H]34)cc2)c1. The van der Waals surface area contributed by atoms with E-state index >= 15 is 0 Å². The van der Waals surface area contributed by atoms with Crippen molar-refractivity contribution in [2.24, 2.45) is 5.92 Å². The highest BCUT2D eigenvalue weighted by Gasteiger charge is 2.55. The van der Waals surface area contributed by atoms with E-state index in [1.807, 2.05) is 48.5 Å². The fraction of sp³-hybridized carbons (Fsp3) is 0.423. The van der Waals surface area contributed by atoms with E-state index < -0.39 is 0 Å². The average molecular weight is 448 g/mol. The minimum atomic E-state index is -0.257. The van der Waals surface area contributed by atoms with E-state index in [-0.39, 0.29) is 54.8 Å². The van der Waals surface area contributed by atoms with Crippen LogP contribution < -0.4 is 0 Å². The summed E-state index contributed by atoms with van der Waals surface area (Å²) in [6.07, 6.45) is 1.84. The van der Waals surface area contributed by atoms with Gasteiger partial charge in [0.1, 0.15) is 0 Å².